The lowest BCUT2D eigenvalue weighted by molar-refractivity contribution is -0.121. The molecule has 100 valence electrons. The molecule has 1 unspecified atom stereocenters. The van der Waals surface area contributed by atoms with Gasteiger partial charge in [-0.1, -0.05) is 0 Å². The fourth-order valence-electron chi connectivity index (χ4n) is 1.46. The van der Waals surface area contributed by atoms with Gasteiger partial charge in [-0.25, -0.2) is 4.79 Å². The number of urea groups is 1. The molecule has 3 amide bonds. The number of aryl methyl sites for hydroxylation is 2. The van der Waals surface area contributed by atoms with Crippen LogP contribution in [0.25, 0.3) is 0 Å². The molecule has 0 radical (unpaired) electrons. The first kappa shape index (κ1) is 14.2. The molecule has 18 heavy (non-hydrogen) atoms. The van der Waals surface area contributed by atoms with E-state index >= 15 is 0 Å². The van der Waals surface area contributed by atoms with E-state index < -0.39 is 12.1 Å². The maximum Gasteiger partial charge on any atom is 0.321 e. The number of rotatable bonds is 4. The molecule has 1 aromatic rings. The predicted octanol–water partition coefficient (Wildman–Crippen LogP) is -0.338. The monoisotopic (exact) mass is 253 g/mol. The molecular formula is C11H19N5O2. The van der Waals surface area contributed by atoms with E-state index in [1.54, 1.807) is 11.6 Å². The molecule has 1 atom stereocenters. The van der Waals surface area contributed by atoms with Crippen LogP contribution in [0.15, 0.2) is 6.20 Å². The SMILES string of the molecule is CNC(=O)NC(=O)C(C)NCc1cn(C)nc1C. The van der Waals surface area contributed by atoms with E-state index in [1.165, 1.54) is 7.05 Å². The van der Waals surface area contributed by atoms with E-state index in [2.05, 4.69) is 21.0 Å². The van der Waals surface area contributed by atoms with E-state index in [-0.39, 0.29) is 5.91 Å². The zero-order valence-electron chi connectivity index (χ0n) is 11.1. The van der Waals surface area contributed by atoms with Crippen LogP contribution in [-0.4, -0.2) is 34.8 Å². The van der Waals surface area contributed by atoms with Crippen molar-refractivity contribution in [1.82, 2.24) is 25.7 Å². The molecule has 0 aliphatic rings. The molecule has 3 N–H and O–H groups in total. The first-order valence-electron chi connectivity index (χ1n) is 5.69. The van der Waals surface area contributed by atoms with Crippen molar-refractivity contribution in [2.24, 2.45) is 7.05 Å². The second-order valence-electron chi connectivity index (χ2n) is 4.08. The molecule has 1 heterocycles. The van der Waals surface area contributed by atoms with Crippen LogP contribution < -0.4 is 16.0 Å². The number of carbonyl (C=O) groups excluding carboxylic acids is 2. The van der Waals surface area contributed by atoms with Crippen LogP contribution in [0, 0.1) is 6.92 Å². The summed E-state index contributed by atoms with van der Waals surface area (Å²) in [5.74, 6) is -0.365. The van der Waals surface area contributed by atoms with Gasteiger partial charge in [0, 0.05) is 32.4 Å². The average Bonchev–Trinajstić information content (AvgIpc) is 2.64. The summed E-state index contributed by atoms with van der Waals surface area (Å²) >= 11 is 0. The number of aromatic nitrogens is 2. The fourth-order valence-corrected chi connectivity index (χ4v) is 1.46. The first-order chi connectivity index (χ1) is 8.43. The van der Waals surface area contributed by atoms with Gasteiger partial charge in [0.15, 0.2) is 0 Å². The van der Waals surface area contributed by atoms with Crippen LogP contribution in [0.4, 0.5) is 4.79 Å². The van der Waals surface area contributed by atoms with E-state index in [0.29, 0.717) is 6.54 Å². The lowest BCUT2D eigenvalue weighted by Crippen LogP contribution is -2.47. The van der Waals surface area contributed by atoms with Crippen molar-refractivity contribution in [2.75, 3.05) is 7.05 Å². The van der Waals surface area contributed by atoms with Crippen molar-refractivity contribution < 1.29 is 9.59 Å². The van der Waals surface area contributed by atoms with Gasteiger partial charge in [-0.15, -0.1) is 0 Å². The average molecular weight is 253 g/mol. The highest BCUT2D eigenvalue weighted by Gasteiger charge is 2.15. The maximum absolute atomic E-state index is 11.6. The molecule has 0 saturated heterocycles. The molecule has 0 saturated carbocycles. The van der Waals surface area contributed by atoms with Crippen LogP contribution in [0.1, 0.15) is 18.2 Å². The molecule has 0 aliphatic carbocycles. The largest absolute Gasteiger partial charge is 0.341 e. The van der Waals surface area contributed by atoms with Crippen molar-refractivity contribution in [1.29, 1.82) is 0 Å². The molecule has 0 aromatic carbocycles. The van der Waals surface area contributed by atoms with Crippen molar-refractivity contribution in [2.45, 2.75) is 26.4 Å². The van der Waals surface area contributed by atoms with Gasteiger partial charge in [-0.3, -0.25) is 14.8 Å². The third-order valence-electron chi connectivity index (χ3n) is 2.57. The summed E-state index contributed by atoms with van der Waals surface area (Å²) in [6, 6.07) is -0.965. The Kier molecular flexibility index (Phi) is 4.85. The Morgan fingerprint density at radius 1 is 1.50 bits per heavy atom. The zero-order chi connectivity index (χ0) is 13.7. The van der Waals surface area contributed by atoms with E-state index in [0.717, 1.165) is 11.3 Å². The Balaban J connectivity index is 2.45. The molecule has 0 fully saturated rings. The summed E-state index contributed by atoms with van der Waals surface area (Å²) < 4.78 is 1.72. The molecular weight excluding hydrogens is 234 g/mol. The van der Waals surface area contributed by atoms with Gasteiger partial charge in [-0.2, -0.15) is 5.10 Å². The molecule has 0 bridgehead atoms. The predicted molar refractivity (Wildman–Crippen MR) is 66.8 cm³/mol. The van der Waals surface area contributed by atoms with Gasteiger partial charge < -0.3 is 10.6 Å². The minimum Gasteiger partial charge on any atom is -0.341 e. The Morgan fingerprint density at radius 2 is 2.17 bits per heavy atom. The molecule has 1 aromatic heterocycles. The Hall–Kier alpha value is -1.89. The molecule has 7 heteroatoms. The topological polar surface area (TPSA) is 88.0 Å². The number of imide groups is 1. The lowest BCUT2D eigenvalue weighted by Gasteiger charge is -2.12. The Morgan fingerprint density at radius 3 is 2.67 bits per heavy atom. The molecule has 0 spiro atoms. The van der Waals surface area contributed by atoms with E-state index in [4.69, 9.17) is 0 Å². The van der Waals surface area contributed by atoms with Crippen LogP contribution in [0.2, 0.25) is 0 Å². The van der Waals surface area contributed by atoms with Crippen molar-refractivity contribution >= 4 is 11.9 Å². The summed E-state index contributed by atoms with van der Waals surface area (Å²) in [7, 11) is 3.30. The van der Waals surface area contributed by atoms with Gasteiger partial charge in [0.05, 0.1) is 11.7 Å². The third-order valence-corrected chi connectivity index (χ3v) is 2.57. The summed E-state index contributed by atoms with van der Waals surface area (Å²) in [6.45, 7) is 4.14. The minimum atomic E-state index is -0.508. The van der Waals surface area contributed by atoms with Crippen molar-refractivity contribution in [3.63, 3.8) is 0 Å². The standard InChI is InChI=1S/C11H19N5O2/c1-7-9(6-16(4)15-7)5-13-8(2)10(17)14-11(18)12-3/h6,8,13H,5H2,1-4H3,(H2,12,14,17,18). The molecule has 7 nitrogen and oxygen atoms in total. The zero-order valence-corrected chi connectivity index (χ0v) is 11.1. The fraction of sp³-hybridized carbons (Fsp3) is 0.545. The number of hydrogen-bond acceptors (Lipinski definition) is 4. The third kappa shape index (κ3) is 3.85. The number of nitrogens with one attached hydrogen (secondary N) is 3. The highest BCUT2D eigenvalue weighted by atomic mass is 16.2. The summed E-state index contributed by atoms with van der Waals surface area (Å²) in [5.41, 5.74) is 1.95. The number of hydrogen-bond donors (Lipinski definition) is 3. The van der Waals surface area contributed by atoms with Crippen LogP contribution in [-0.2, 0) is 18.4 Å². The van der Waals surface area contributed by atoms with Crippen LogP contribution in [0.5, 0.6) is 0 Å². The van der Waals surface area contributed by atoms with Gasteiger partial charge in [0.2, 0.25) is 5.91 Å². The maximum atomic E-state index is 11.6. The highest BCUT2D eigenvalue weighted by Crippen LogP contribution is 2.04. The van der Waals surface area contributed by atoms with Gasteiger partial charge in [-0.05, 0) is 13.8 Å². The summed E-state index contributed by atoms with van der Waals surface area (Å²) in [6.07, 6.45) is 1.89. The van der Waals surface area contributed by atoms with Crippen LogP contribution in [0.3, 0.4) is 0 Å². The van der Waals surface area contributed by atoms with Crippen molar-refractivity contribution in [3.8, 4) is 0 Å². The van der Waals surface area contributed by atoms with Crippen LogP contribution >= 0.6 is 0 Å². The second kappa shape index (κ2) is 6.15. The summed E-state index contributed by atoms with van der Waals surface area (Å²) in [5, 5.41) is 11.8. The normalized spacial score (nSPS) is 12.0. The van der Waals surface area contributed by atoms with Gasteiger partial charge in [0.25, 0.3) is 0 Å². The number of carbonyl (C=O) groups is 2. The summed E-state index contributed by atoms with van der Waals surface area (Å²) in [4.78, 5) is 22.5. The lowest BCUT2D eigenvalue weighted by atomic mass is 10.2. The quantitative estimate of drug-likeness (QED) is 0.685. The van der Waals surface area contributed by atoms with Gasteiger partial charge in [0.1, 0.15) is 0 Å². The van der Waals surface area contributed by atoms with Crippen molar-refractivity contribution in [3.05, 3.63) is 17.5 Å². The number of amides is 3. The second-order valence-corrected chi connectivity index (χ2v) is 4.08. The Bertz CT molecular complexity index is 441. The van der Waals surface area contributed by atoms with E-state index in [1.807, 2.05) is 20.2 Å². The number of nitrogens with zero attached hydrogens (tertiary/aromatic N) is 2. The highest BCUT2D eigenvalue weighted by molar-refractivity contribution is 5.96. The molecule has 0 aliphatic heterocycles. The van der Waals surface area contributed by atoms with E-state index in [9.17, 15) is 9.59 Å². The Labute approximate surface area is 106 Å². The molecule has 1 rings (SSSR count). The minimum absolute atomic E-state index is 0.365. The van der Waals surface area contributed by atoms with Gasteiger partial charge >= 0.3 is 6.03 Å². The smallest absolute Gasteiger partial charge is 0.321 e. The first-order valence-corrected chi connectivity index (χ1v) is 5.69.